The lowest BCUT2D eigenvalue weighted by Gasteiger charge is -2.51. The number of aliphatic hydroxyl groups excluding tert-OH is 12. The Kier molecular flexibility index (Phi) is 28.3. The summed E-state index contributed by atoms with van der Waals surface area (Å²) in [4.78, 5) is 64.1. The van der Waals surface area contributed by atoms with E-state index in [1.165, 1.54) is 18.6 Å². The van der Waals surface area contributed by atoms with Gasteiger partial charge in [-0.3, -0.25) is 24.0 Å². The molecule has 5 saturated heterocycles. The van der Waals surface area contributed by atoms with Crippen LogP contribution in [0, 0.1) is 11.8 Å². The van der Waals surface area contributed by atoms with E-state index < -0.39 is 216 Å². The second-order valence-corrected chi connectivity index (χ2v) is 22.0. The molecule has 5 aliphatic rings. The van der Waals surface area contributed by atoms with Crippen LogP contribution in [-0.4, -0.2) is 284 Å². The zero-order chi connectivity index (χ0) is 64.5. The molecule has 32 heteroatoms. The van der Waals surface area contributed by atoms with Crippen LogP contribution in [0.2, 0.25) is 0 Å². The number of carbonyl (C=O) groups excluding carboxylic acids is 5. The Morgan fingerprint density at radius 1 is 0.455 bits per heavy atom. The lowest BCUT2D eigenvalue weighted by atomic mass is 9.93. The summed E-state index contributed by atoms with van der Waals surface area (Å²) < 4.78 is 59.8. The molecule has 88 heavy (non-hydrogen) atoms. The van der Waals surface area contributed by atoms with E-state index >= 15 is 0 Å². The molecule has 0 aromatic heterocycles. The van der Waals surface area contributed by atoms with Gasteiger partial charge in [0.25, 0.3) is 5.91 Å². The van der Waals surface area contributed by atoms with E-state index in [1.54, 1.807) is 12.1 Å². The van der Waals surface area contributed by atoms with Crippen LogP contribution in [-0.2, 0) is 61.8 Å². The fourth-order valence-electron chi connectivity index (χ4n) is 11.0. The molecule has 17 N–H and O–H groups in total. The van der Waals surface area contributed by atoms with Crippen molar-refractivity contribution in [1.82, 2.24) is 26.6 Å². The van der Waals surface area contributed by atoms with Gasteiger partial charge in [0.1, 0.15) is 128 Å². The minimum atomic E-state index is -2.03. The standard InChI is InChI=1S/C56H87N5O27/c1-6-7-8-9-10-11-12-13-14-18-79-30-17-15-16-29(19-30)51(77)61-37-42(72)41(71)31(20-62)81-53(37)86-48-33(22-64)83-55(39(44(48)74)59-27(4)69)88-50-35(24-66)84-56(40(46(50)76)60-28(5)70)87-49-34(23-65)82-54(38(45(49)75)58-26(3)68)85-47-32(21-63)80-52(78)36(43(47)73)57-25(2)67/h15-17,19,31-50,52-56,62-66,71-76,78H,6-10,13-14,18,20-24H2,1-5H3,(H,57,67)(H,58,68)(H,59,69)(H,60,70)(H,61,77)/t31?,32?,33?,34?,35?,36-,37-,38?,39?,40-,41+,42+,43+,44?,45?,46+,47?,48+,49+,50?,52?,53?,54?,55-,56-/m0/s1. The molecular formula is C56H87N5O27. The van der Waals surface area contributed by atoms with Crippen molar-refractivity contribution in [2.45, 2.75) is 233 Å². The van der Waals surface area contributed by atoms with Gasteiger partial charge in [0, 0.05) is 46.1 Å². The van der Waals surface area contributed by atoms with Crippen molar-refractivity contribution in [3.05, 3.63) is 29.8 Å². The second-order valence-electron chi connectivity index (χ2n) is 22.0. The van der Waals surface area contributed by atoms with E-state index in [0.717, 1.165) is 53.4 Å². The Labute approximate surface area is 507 Å². The molecular weight excluding hydrogens is 1170 g/mol. The summed E-state index contributed by atoms with van der Waals surface area (Å²) >= 11 is 0. The molecule has 32 nitrogen and oxygen atoms in total. The Morgan fingerprint density at radius 3 is 1.24 bits per heavy atom. The number of aliphatic hydroxyl groups is 12. The molecule has 498 valence electrons. The van der Waals surface area contributed by atoms with Gasteiger partial charge in [-0.15, -0.1) is 11.8 Å². The number of carbonyl (C=O) groups is 5. The molecule has 1 aromatic rings. The number of nitrogens with one attached hydrogen (secondary N) is 5. The largest absolute Gasteiger partial charge is 0.494 e. The molecule has 5 fully saturated rings. The highest BCUT2D eigenvalue weighted by molar-refractivity contribution is 5.94. The van der Waals surface area contributed by atoms with Gasteiger partial charge >= 0.3 is 0 Å². The summed E-state index contributed by atoms with van der Waals surface area (Å²) in [6.45, 7) is 1.92. The van der Waals surface area contributed by atoms with E-state index in [1.807, 2.05) is 0 Å². The summed E-state index contributed by atoms with van der Waals surface area (Å²) in [5, 5.41) is 145. The molecule has 5 heterocycles. The molecule has 14 unspecified atom stereocenters. The molecule has 0 aliphatic carbocycles. The highest BCUT2D eigenvalue weighted by atomic mass is 16.8. The van der Waals surface area contributed by atoms with Gasteiger partial charge in [0.15, 0.2) is 31.5 Å². The molecule has 0 radical (unpaired) electrons. The zero-order valence-electron chi connectivity index (χ0n) is 49.4. The van der Waals surface area contributed by atoms with Crippen LogP contribution in [0.4, 0.5) is 0 Å². The summed E-state index contributed by atoms with van der Waals surface area (Å²) in [5.41, 5.74) is 0.0436. The molecule has 0 saturated carbocycles. The third kappa shape index (κ3) is 18.6. The van der Waals surface area contributed by atoms with Crippen LogP contribution in [0.15, 0.2) is 24.3 Å². The van der Waals surface area contributed by atoms with Gasteiger partial charge in [0.05, 0.1) is 39.6 Å². The van der Waals surface area contributed by atoms with Crippen LogP contribution in [0.1, 0.15) is 89.9 Å². The lowest BCUT2D eigenvalue weighted by molar-refractivity contribution is -0.367. The van der Waals surface area contributed by atoms with Gasteiger partial charge < -0.3 is 135 Å². The van der Waals surface area contributed by atoms with E-state index in [-0.39, 0.29) is 5.56 Å². The summed E-state index contributed by atoms with van der Waals surface area (Å²) in [7, 11) is 0. The van der Waals surface area contributed by atoms with Crippen LogP contribution >= 0.6 is 0 Å². The topological polar surface area (TPSA) is 481 Å². The lowest BCUT2D eigenvalue weighted by Crippen LogP contribution is -2.72. The first-order valence-corrected chi connectivity index (χ1v) is 29.3. The molecule has 5 amide bonds. The first kappa shape index (κ1) is 72.2. The van der Waals surface area contributed by atoms with Crippen molar-refractivity contribution in [2.24, 2.45) is 0 Å². The van der Waals surface area contributed by atoms with Crippen molar-refractivity contribution < 1.29 is 133 Å². The fraction of sp³-hybridized carbons (Fsp3) is 0.768. The van der Waals surface area contributed by atoms with Gasteiger partial charge in [-0.1, -0.05) is 32.3 Å². The van der Waals surface area contributed by atoms with Crippen molar-refractivity contribution in [2.75, 3.05) is 39.6 Å². The maximum absolute atomic E-state index is 13.9. The van der Waals surface area contributed by atoms with Gasteiger partial charge in [-0.25, -0.2) is 0 Å². The quantitative estimate of drug-likeness (QED) is 0.0288. The van der Waals surface area contributed by atoms with Crippen molar-refractivity contribution in [3.63, 3.8) is 0 Å². The van der Waals surface area contributed by atoms with E-state index in [9.17, 15) is 85.3 Å². The van der Waals surface area contributed by atoms with Crippen LogP contribution in [0.25, 0.3) is 0 Å². The van der Waals surface area contributed by atoms with E-state index in [2.05, 4.69) is 45.3 Å². The first-order valence-electron chi connectivity index (χ1n) is 29.3. The van der Waals surface area contributed by atoms with Gasteiger partial charge in [-0.05, 0) is 31.0 Å². The SMILES string of the molecule is CCCCCCC#CCCCOc1cccc(C(=O)N[C@@H]2C(O[C@@H]3C(CO)O[C@@H](OC4C(CO)O[C@@H](O[C@@H]5C(CO)OC(OC6C(CO)OC(O)[C@@H](NC(C)=O)[C@H]6O)C(NC(C)=O)C5O)[C@@H](NC(C)=O)[C@H]4O)C(NC(C)=O)C3O)OC(CO)[C@@H](O)[C@@H]2O)c1. The number of unbranched alkanes of at least 4 members (excludes halogenated alkanes) is 5. The number of benzene rings is 1. The Bertz CT molecular complexity index is 2460. The minimum absolute atomic E-state index is 0.0436. The Balaban J connectivity index is 1.18. The predicted molar refractivity (Wildman–Crippen MR) is 296 cm³/mol. The van der Waals surface area contributed by atoms with Crippen LogP contribution < -0.4 is 31.3 Å². The maximum atomic E-state index is 13.9. The van der Waals surface area contributed by atoms with E-state index in [4.69, 9.17) is 47.4 Å². The number of ether oxygens (including phenoxy) is 10. The number of amides is 5. The fourth-order valence-corrected chi connectivity index (χ4v) is 11.0. The van der Waals surface area contributed by atoms with Crippen molar-refractivity contribution >= 4 is 29.5 Å². The smallest absolute Gasteiger partial charge is 0.251 e. The molecule has 1 aromatic carbocycles. The number of hydrogen-bond donors (Lipinski definition) is 17. The normalized spacial score (nSPS) is 37.5. The van der Waals surface area contributed by atoms with Crippen molar-refractivity contribution in [1.29, 1.82) is 0 Å². The highest BCUT2D eigenvalue weighted by Gasteiger charge is 2.58. The average Bonchev–Trinajstić information content (AvgIpc) is 1.74. The third-order valence-corrected chi connectivity index (χ3v) is 15.3. The highest BCUT2D eigenvalue weighted by Crippen LogP contribution is 2.36. The molecule has 5 aliphatic heterocycles. The average molecular weight is 1260 g/mol. The molecule has 6 rings (SSSR count). The van der Waals surface area contributed by atoms with Gasteiger partial charge in [-0.2, -0.15) is 0 Å². The third-order valence-electron chi connectivity index (χ3n) is 15.3. The summed E-state index contributed by atoms with van der Waals surface area (Å²) in [6.07, 6.45) is -29.4. The number of rotatable bonds is 27. The number of hydrogen-bond acceptors (Lipinski definition) is 27. The first-order chi connectivity index (χ1) is 42.0. The zero-order valence-corrected chi connectivity index (χ0v) is 49.4. The van der Waals surface area contributed by atoms with Crippen molar-refractivity contribution in [3.8, 4) is 17.6 Å². The molecule has 0 bridgehead atoms. The van der Waals surface area contributed by atoms with Crippen LogP contribution in [0.3, 0.4) is 0 Å². The maximum Gasteiger partial charge on any atom is 0.251 e. The molecule has 25 atom stereocenters. The Hall–Kier alpha value is -4.91. The Morgan fingerprint density at radius 2 is 0.830 bits per heavy atom. The van der Waals surface area contributed by atoms with Crippen LogP contribution in [0.5, 0.6) is 5.75 Å². The second kappa shape index (κ2) is 34.5. The van der Waals surface area contributed by atoms with E-state index in [0.29, 0.717) is 25.2 Å². The predicted octanol–water partition coefficient (Wildman–Crippen LogP) is -6.78. The summed E-state index contributed by atoms with van der Waals surface area (Å²) in [6, 6.07) is -2.26. The minimum Gasteiger partial charge on any atom is -0.494 e. The van der Waals surface area contributed by atoms with Gasteiger partial charge in [0.2, 0.25) is 23.6 Å². The summed E-state index contributed by atoms with van der Waals surface area (Å²) in [5.74, 6) is 2.72. The molecule has 0 spiro atoms. The monoisotopic (exact) mass is 1260 g/mol.